The van der Waals surface area contributed by atoms with E-state index in [1.807, 2.05) is 13.0 Å². The van der Waals surface area contributed by atoms with Crippen molar-refractivity contribution in [2.45, 2.75) is 13.0 Å². The van der Waals surface area contributed by atoms with Crippen LogP contribution >= 0.6 is 15.9 Å². The molecule has 1 aromatic rings. The van der Waals surface area contributed by atoms with Gasteiger partial charge in [0.2, 0.25) is 0 Å². The van der Waals surface area contributed by atoms with Crippen LogP contribution in [0.1, 0.15) is 6.92 Å². The lowest BCUT2D eigenvalue weighted by Gasteiger charge is -2.14. The maximum atomic E-state index is 5.57. The van der Waals surface area contributed by atoms with Crippen LogP contribution in [-0.4, -0.2) is 24.8 Å². The number of nitrogens with zero attached hydrogens (tertiary/aromatic N) is 1. The van der Waals surface area contributed by atoms with Crippen LogP contribution in [0.2, 0.25) is 0 Å². The second kappa shape index (κ2) is 5.19. The quantitative estimate of drug-likeness (QED) is 0.816. The van der Waals surface area contributed by atoms with Gasteiger partial charge in [0.05, 0.1) is 11.1 Å². The van der Waals surface area contributed by atoms with E-state index in [1.165, 1.54) is 0 Å². The highest BCUT2D eigenvalue weighted by molar-refractivity contribution is 9.10. The van der Waals surface area contributed by atoms with E-state index in [1.54, 1.807) is 19.5 Å². The van der Waals surface area contributed by atoms with E-state index in [-0.39, 0.29) is 6.10 Å². The molecule has 4 heteroatoms. The molecule has 0 fully saturated rings. The van der Waals surface area contributed by atoms with Crippen molar-refractivity contribution < 1.29 is 9.47 Å². The summed E-state index contributed by atoms with van der Waals surface area (Å²) in [5, 5.41) is 0. The first-order valence-electron chi connectivity index (χ1n) is 3.99. The lowest BCUT2D eigenvalue weighted by molar-refractivity contribution is 0.0915. The number of hydrogen-bond donors (Lipinski definition) is 0. The molecule has 0 aromatic carbocycles. The Morgan fingerprint density at radius 1 is 1.62 bits per heavy atom. The Morgan fingerprint density at radius 3 is 3.00 bits per heavy atom. The van der Waals surface area contributed by atoms with E-state index in [0.717, 1.165) is 10.2 Å². The molecule has 0 saturated carbocycles. The van der Waals surface area contributed by atoms with Gasteiger partial charge in [-0.1, -0.05) is 0 Å². The average molecular weight is 246 g/mol. The molecule has 72 valence electrons. The van der Waals surface area contributed by atoms with Crippen LogP contribution in [0.3, 0.4) is 0 Å². The van der Waals surface area contributed by atoms with E-state index >= 15 is 0 Å². The molecule has 1 aromatic heterocycles. The monoisotopic (exact) mass is 245 g/mol. The van der Waals surface area contributed by atoms with Gasteiger partial charge in [0.25, 0.3) is 0 Å². The predicted octanol–water partition coefficient (Wildman–Crippen LogP) is 2.26. The van der Waals surface area contributed by atoms with Crippen LogP contribution < -0.4 is 4.74 Å². The predicted molar refractivity (Wildman–Crippen MR) is 53.9 cm³/mol. The van der Waals surface area contributed by atoms with Gasteiger partial charge in [0.15, 0.2) is 0 Å². The largest absolute Gasteiger partial charge is 0.487 e. The fourth-order valence-electron chi connectivity index (χ4n) is 0.943. The molecule has 0 bridgehead atoms. The summed E-state index contributed by atoms with van der Waals surface area (Å²) in [7, 11) is 1.65. The lowest BCUT2D eigenvalue weighted by Crippen LogP contribution is -2.18. The zero-order chi connectivity index (χ0) is 9.68. The van der Waals surface area contributed by atoms with Gasteiger partial charge in [-0.15, -0.1) is 0 Å². The molecule has 0 saturated heterocycles. The standard InChI is InChI=1S/C9H12BrNO2/c1-7(6-12-2)13-9-3-4-11-5-8(9)10/h3-5,7H,6H2,1-2H3. The number of rotatable bonds is 4. The van der Waals surface area contributed by atoms with Gasteiger partial charge in [-0.2, -0.15) is 0 Å². The van der Waals surface area contributed by atoms with Gasteiger partial charge in [-0.25, -0.2) is 0 Å². The minimum Gasteiger partial charge on any atom is -0.487 e. The summed E-state index contributed by atoms with van der Waals surface area (Å²) >= 11 is 3.35. The fourth-order valence-corrected chi connectivity index (χ4v) is 1.29. The van der Waals surface area contributed by atoms with Crippen molar-refractivity contribution in [1.82, 2.24) is 4.98 Å². The number of ether oxygens (including phenoxy) is 2. The molecule has 0 N–H and O–H groups in total. The third kappa shape index (κ3) is 3.32. The first kappa shape index (κ1) is 10.5. The Kier molecular flexibility index (Phi) is 4.18. The summed E-state index contributed by atoms with van der Waals surface area (Å²) in [5.41, 5.74) is 0. The van der Waals surface area contributed by atoms with Gasteiger partial charge >= 0.3 is 0 Å². The third-order valence-electron chi connectivity index (χ3n) is 1.46. The Bertz CT molecular complexity index is 268. The zero-order valence-corrected chi connectivity index (χ0v) is 9.24. The van der Waals surface area contributed by atoms with Crippen molar-refractivity contribution in [3.8, 4) is 5.75 Å². The van der Waals surface area contributed by atoms with E-state index in [2.05, 4.69) is 20.9 Å². The smallest absolute Gasteiger partial charge is 0.137 e. The maximum Gasteiger partial charge on any atom is 0.137 e. The van der Waals surface area contributed by atoms with Crippen molar-refractivity contribution in [2.75, 3.05) is 13.7 Å². The number of methoxy groups -OCH3 is 1. The molecule has 0 amide bonds. The van der Waals surface area contributed by atoms with E-state index < -0.39 is 0 Å². The third-order valence-corrected chi connectivity index (χ3v) is 2.06. The normalized spacial score (nSPS) is 12.5. The van der Waals surface area contributed by atoms with E-state index in [0.29, 0.717) is 6.61 Å². The molecule has 0 aliphatic carbocycles. The molecular weight excluding hydrogens is 234 g/mol. The van der Waals surface area contributed by atoms with Gasteiger partial charge in [-0.3, -0.25) is 4.98 Å². The van der Waals surface area contributed by atoms with Crippen molar-refractivity contribution in [2.24, 2.45) is 0 Å². The minimum absolute atomic E-state index is 0.0451. The molecular formula is C9H12BrNO2. The van der Waals surface area contributed by atoms with Crippen molar-refractivity contribution in [3.05, 3.63) is 22.9 Å². The van der Waals surface area contributed by atoms with Crippen LogP contribution in [0.25, 0.3) is 0 Å². The van der Waals surface area contributed by atoms with Crippen LogP contribution in [0.15, 0.2) is 22.9 Å². The lowest BCUT2D eigenvalue weighted by atomic mass is 10.4. The first-order chi connectivity index (χ1) is 6.24. The summed E-state index contributed by atoms with van der Waals surface area (Å²) < 4.78 is 11.4. The maximum absolute atomic E-state index is 5.57. The number of pyridine rings is 1. The van der Waals surface area contributed by atoms with E-state index in [9.17, 15) is 0 Å². The summed E-state index contributed by atoms with van der Waals surface area (Å²) in [4.78, 5) is 3.94. The fraction of sp³-hybridized carbons (Fsp3) is 0.444. The van der Waals surface area contributed by atoms with E-state index in [4.69, 9.17) is 9.47 Å². The van der Waals surface area contributed by atoms with Gasteiger partial charge < -0.3 is 9.47 Å². The average Bonchev–Trinajstić information content (AvgIpc) is 2.09. The Morgan fingerprint density at radius 2 is 2.38 bits per heavy atom. The summed E-state index contributed by atoms with van der Waals surface area (Å²) in [6, 6.07) is 1.82. The molecule has 0 spiro atoms. The second-order valence-corrected chi connectivity index (χ2v) is 3.54. The molecule has 3 nitrogen and oxygen atoms in total. The zero-order valence-electron chi connectivity index (χ0n) is 7.66. The molecule has 0 aliphatic heterocycles. The van der Waals surface area contributed by atoms with Crippen LogP contribution in [0.4, 0.5) is 0 Å². The Labute approximate surface area is 86.2 Å². The van der Waals surface area contributed by atoms with Crippen LogP contribution in [-0.2, 0) is 4.74 Å². The number of halogens is 1. The van der Waals surface area contributed by atoms with Gasteiger partial charge in [0, 0.05) is 19.5 Å². The summed E-state index contributed by atoms with van der Waals surface area (Å²) in [5.74, 6) is 0.791. The summed E-state index contributed by atoms with van der Waals surface area (Å²) in [6.45, 7) is 2.53. The SMILES string of the molecule is COCC(C)Oc1ccncc1Br. The molecule has 1 heterocycles. The Balaban J connectivity index is 2.58. The first-order valence-corrected chi connectivity index (χ1v) is 4.78. The van der Waals surface area contributed by atoms with Crippen LogP contribution in [0.5, 0.6) is 5.75 Å². The van der Waals surface area contributed by atoms with Gasteiger partial charge in [-0.05, 0) is 28.9 Å². The molecule has 1 atom stereocenters. The molecule has 13 heavy (non-hydrogen) atoms. The highest BCUT2D eigenvalue weighted by Crippen LogP contribution is 2.23. The van der Waals surface area contributed by atoms with Crippen molar-refractivity contribution in [1.29, 1.82) is 0 Å². The van der Waals surface area contributed by atoms with Gasteiger partial charge in [0.1, 0.15) is 11.9 Å². The topological polar surface area (TPSA) is 31.4 Å². The minimum atomic E-state index is 0.0451. The molecule has 1 rings (SSSR count). The Hall–Kier alpha value is -0.610. The van der Waals surface area contributed by atoms with Crippen molar-refractivity contribution >= 4 is 15.9 Å². The molecule has 1 unspecified atom stereocenters. The second-order valence-electron chi connectivity index (χ2n) is 2.69. The highest BCUT2D eigenvalue weighted by Gasteiger charge is 2.05. The van der Waals surface area contributed by atoms with Crippen LogP contribution in [0, 0.1) is 0 Å². The highest BCUT2D eigenvalue weighted by atomic mass is 79.9. The van der Waals surface area contributed by atoms with Crippen molar-refractivity contribution in [3.63, 3.8) is 0 Å². The number of aromatic nitrogens is 1. The molecule has 0 aliphatic rings. The number of hydrogen-bond acceptors (Lipinski definition) is 3. The molecule has 0 radical (unpaired) electrons. The summed E-state index contributed by atoms with van der Waals surface area (Å²) in [6.07, 6.45) is 3.44.